The second kappa shape index (κ2) is 8.67. The molecule has 140 valence electrons. The fourth-order valence-corrected chi connectivity index (χ4v) is 5.05. The number of thiophene rings is 1. The fraction of sp³-hybridized carbons (Fsp3) is 0.333. The van der Waals surface area contributed by atoms with E-state index in [2.05, 4.69) is 22.9 Å². The summed E-state index contributed by atoms with van der Waals surface area (Å²) >= 11 is 3.40. The molecule has 0 bridgehead atoms. The first kappa shape index (κ1) is 18.2. The molecule has 0 N–H and O–H groups in total. The summed E-state index contributed by atoms with van der Waals surface area (Å²) in [6.07, 6.45) is 8.12. The van der Waals surface area contributed by atoms with Crippen LogP contribution in [0.2, 0.25) is 0 Å². The lowest BCUT2D eigenvalue weighted by Crippen LogP contribution is -2.18. The number of ether oxygens (including phenoxy) is 1. The third-order valence-electron chi connectivity index (χ3n) is 4.78. The van der Waals surface area contributed by atoms with Gasteiger partial charge in [-0.1, -0.05) is 37.5 Å². The number of para-hydroxylation sites is 1. The Labute approximate surface area is 167 Å². The molecule has 0 saturated heterocycles. The number of benzene rings is 1. The van der Waals surface area contributed by atoms with E-state index in [9.17, 15) is 0 Å². The van der Waals surface area contributed by atoms with Gasteiger partial charge in [-0.25, -0.2) is 4.68 Å². The topological polar surface area (TPSA) is 38.9 Å². The number of hydrogen-bond donors (Lipinski definition) is 0. The molecule has 0 spiro atoms. The number of thiazole rings is 1. The van der Waals surface area contributed by atoms with Crippen LogP contribution < -0.4 is 9.54 Å². The zero-order chi connectivity index (χ0) is 18.5. The number of methoxy groups -OCH3 is 1. The Morgan fingerprint density at radius 3 is 2.70 bits per heavy atom. The molecule has 2 heterocycles. The summed E-state index contributed by atoms with van der Waals surface area (Å²) in [7, 11) is 1.69. The maximum atomic E-state index is 5.45. The molecule has 3 aromatic rings. The SMILES string of the molecule is COc1ccccc1C=Nn1c(-c2cccs2)csc1=NC1CCCCC1. The summed E-state index contributed by atoms with van der Waals surface area (Å²) < 4.78 is 7.43. The summed E-state index contributed by atoms with van der Waals surface area (Å²) in [4.78, 5) is 7.22. The standard InChI is InChI=1S/C21H23N3OS2/c1-25-19-11-6-5-8-16(19)14-22-24-18(20-12-7-13-26-20)15-27-21(24)23-17-9-3-2-4-10-17/h5-8,11-15,17H,2-4,9-10H2,1H3. The highest BCUT2D eigenvalue weighted by molar-refractivity contribution is 7.14. The highest BCUT2D eigenvalue weighted by atomic mass is 32.1. The van der Waals surface area contributed by atoms with E-state index in [1.807, 2.05) is 35.2 Å². The highest BCUT2D eigenvalue weighted by Gasteiger charge is 2.14. The van der Waals surface area contributed by atoms with Crippen LogP contribution in [0.25, 0.3) is 10.6 Å². The number of aromatic nitrogens is 1. The molecule has 4 rings (SSSR count). The van der Waals surface area contributed by atoms with Gasteiger partial charge in [-0.05, 0) is 36.4 Å². The van der Waals surface area contributed by atoms with Crippen molar-refractivity contribution < 1.29 is 4.74 Å². The molecular formula is C21H23N3OS2. The lowest BCUT2D eigenvalue weighted by molar-refractivity contribution is 0.414. The first-order chi connectivity index (χ1) is 13.3. The predicted molar refractivity (Wildman–Crippen MR) is 114 cm³/mol. The minimum absolute atomic E-state index is 0.418. The molecule has 1 aliphatic rings. The van der Waals surface area contributed by atoms with Gasteiger partial charge in [0.2, 0.25) is 4.80 Å². The Bertz CT molecular complexity index is 963. The van der Waals surface area contributed by atoms with Crippen LogP contribution in [0.5, 0.6) is 5.75 Å². The van der Waals surface area contributed by atoms with E-state index in [1.54, 1.807) is 29.8 Å². The second-order valence-corrected chi connectivity index (χ2v) is 8.38. The van der Waals surface area contributed by atoms with Crippen molar-refractivity contribution in [2.24, 2.45) is 10.1 Å². The van der Waals surface area contributed by atoms with Gasteiger partial charge in [-0.2, -0.15) is 5.10 Å². The monoisotopic (exact) mass is 397 g/mol. The van der Waals surface area contributed by atoms with Crippen molar-refractivity contribution in [2.45, 2.75) is 38.1 Å². The second-order valence-electron chi connectivity index (χ2n) is 6.60. The van der Waals surface area contributed by atoms with Crippen molar-refractivity contribution in [3.63, 3.8) is 0 Å². The van der Waals surface area contributed by atoms with Gasteiger partial charge in [-0.3, -0.25) is 4.99 Å². The normalized spacial score (nSPS) is 16.3. The van der Waals surface area contributed by atoms with Crippen LogP contribution in [0.1, 0.15) is 37.7 Å². The minimum Gasteiger partial charge on any atom is -0.496 e. The summed E-state index contributed by atoms with van der Waals surface area (Å²) in [5, 5.41) is 9.06. The van der Waals surface area contributed by atoms with Crippen LogP contribution in [-0.2, 0) is 0 Å². The fourth-order valence-electron chi connectivity index (χ4n) is 3.35. The average molecular weight is 398 g/mol. The summed E-state index contributed by atoms with van der Waals surface area (Å²) in [6, 6.07) is 12.5. The van der Waals surface area contributed by atoms with Crippen LogP contribution >= 0.6 is 22.7 Å². The van der Waals surface area contributed by atoms with Crippen molar-refractivity contribution in [3.8, 4) is 16.3 Å². The van der Waals surface area contributed by atoms with Gasteiger partial charge in [0.1, 0.15) is 5.75 Å². The molecule has 1 aromatic carbocycles. The van der Waals surface area contributed by atoms with Gasteiger partial charge in [0.05, 0.1) is 29.9 Å². The number of rotatable bonds is 5. The van der Waals surface area contributed by atoms with Gasteiger partial charge >= 0.3 is 0 Å². The molecule has 4 nitrogen and oxygen atoms in total. The van der Waals surface area contributed by atoms with E-state index >= 15 is 0 Å². The predicted octanol–water partition coefficient (Wildman–Crippen LogP) is 5.40. The maximum absolute atomic E-state index is 5.45. The Balaban J connectivity index is 1.75. The summed E-state index contributed by atoms with van der Waals surface area (Å²) in [5.74, 6) is 0.820. The van der Waals surface area contributed by atoms with Crippen molar-refractivity contribution >= 4 is 28.9 Å². The third kappa shape index (κ3) is 4.22. The molecule has 1 fully saturated rings. The van der Waals surface area contributed by atoms with Crippen molar-refractivity contribution in [1.29, 1.82) is 0 Å². The van der Waals surface area contributed by atoms with E-state index in [0.29, 0.717) is 6.04 Å². The number of hydrogen-bond acceptors (Lipinski definition) is 5. The molecular weight excluding hydrogens is 374 g/mol. The van der Waals surface area contributed by atoms with Gasteiger partial charge in [0.15, 0.2) is 0 Å². The van der Waals surface area contributed by atoms with Crippen LogP contribution in [0.15, 0.2) is 57.3 Å². The van der Waals surface area contributed by atoms with Gasteiger partial charge in [0.25, 0.3) is 0 Å². The summed E-state index contributed by atoms with van der Waals surface area (Å²) in [5.41, 5.74) is 2.05. The largest absolute Gasteiger partial charge is 0.496 e. The van der Waals surface area contributed by atoms with Crippen molar-refractivity contribution in [2.75, 3.05) is 7.11 Å². The van der Waals surface area contributed by atoms with Gasteiger partial charge < -0.3 is 4.74 Å². The van der Waals surface area contributed by atoms with E-state index in [4.69, 9.17) is 14.8 Å². The minimum atomic E-state index is 0.418. The van der Waals surface area contributed by atoms with Crippen LogP contribution in [-0.4, -0.2) is 24.0 Å². The molecule has 0 aliphatic heterocycles. The van der Waals surface area contributed by atoms with Crippen LogP contribution in [0, 0.1) is 0 Å². The van der Waals surface area contributed by atoms with E-state index in [1.165, 1.54) is 37.0 Å². The van der Waals surface area contributed by atoms with Crippen LogP contribution in [0.3, 0.4) is 0 Å². The molecule has 1 saturated carbocycles. The molecule has 2 aromatic heterocycles. The molecule has 0 radical (unpaired) electrons. The smallest absolute Gasteiger partial charge is 0.206 e. The summed E-state index contributed by atoms with van der Waals surface area (Å²) in [6.45, 7) is 0. The van der Waals surface area contributed by atoms with Gasteiger partial charge in [-0.15, -0.1) is 22.7 Å². The zero-order valence-electron chi connectivity index (χ0n) is 15.4. The third-order valence-corrected chi connectivity index (χ3v) is 6.50. The first-order valence-corrected chi connectivity index (χ1v) is 11.1. The van der Waals surface area contributed by atoms with E-state index in [-0.39, 0.29) is 0 Å². The first-order valence-electron chi connectivity index (χ1n) is 9.31. The van der Waals surface area contributed by atoms with E-state index in [0.717, 1.165) is 21.8 Å². The molecule has 0 amide bonds. The van der Waals surface area contributed by atoms with Crippen molar-refractivity contribution in [3.05, 3.63) is 57.5 Å². The molecule has 27 heavy (non-hydrogen) atoms. The van der Waals surface area contributed by atoms with Gasteiger partial charge in [0, 0.05) is 10.9 Å². The molecule has 0 unspecified atom stereocenters. The molecule has 6 heteroatoms. The lowest BCUT2D eigenvalue weighted by Gasteiger charge is -2.16. The van der Waals surface area contributed by atoms with Crippen LogP contribution in [0.4, 0.5) is 0 Å². The Morgan fingerprint density at radius 1 is 1.07 bits per heavy atom. The maximum Gasteiger partial charge on any atom is 0.206 e. The molecule has 0 atom stereocenters. The Hall–Kier alpha value is -2.18. The lowest BCUT2D eigenvalue weighted by atomic mass is 9.96. The number of nitrogens with zero attached hydrogens (tertiary/aromatic N) is 3. The van der Waals surface area contributed by atoms with Crippen molar-refractivity contribution in [1.82, 2.24) is 4.68 Å². The molecule has 1 aliphatic carbocycles. The highest BCUT2D eigenvalue weighted by Crippen LogP contribution is 2.26. The van der Waals surface area contributed by atoms with E-state index < -0.39 is 0 Å². The Kier molecular flexibility index (Phi) is 5.84. The quantitative estimate of drug-likeness (QED) is 0.531. The zero-order valence-corrected chi connectivity index (χ0v) is 17.0. The average Bonchev–Trinajstić information content (AvgIpc) is 3.37. The Morgan fingerprint density at radius 2 is 1.93 bits per heavy atom.